The van der Waals surface area contributed by atoms with Crippen LogP contribution in [-0.4, -0.2) is 38.4 Å². The van der Waals surface area contributed by atoms with Gasteiger partial charge in [-0.3, -0.25) is 0 Å². The first kappa shape index (κ1) is 12.8. The molecule has 1 saturated heterocycles. The van der Waals surface area contributed by atoms with E-state index < -0.39 is 0 Å². The Morgan fingerprint density at radius 1 is 1.20 bits per heavy atom. The van der Waals surface area contributed by atoms with Crippen molar-refractivity contribution in [1.29, 1.82) is 0 Å². The van der Waals surface area contributed by atoms with Crippen LogP contribution in [-0.2, 0) is 14.2 Å². The zero-order valence-electron chi connectivity index (χ0n) is 10.2. The fourth-order valence-corrected chi connectivity index (χ4v) is 1.29. The second-order valence-electron chi connectivity index (χ2n) is 4.70. The molecule has 0 amide bonds. The van der Waals surface area contributed by atoms with Gasteiger partial charge in [-0.15, -0.1) is 5.98 Å². The molecule has 0 aromatic carbocycles. The van der Waals surface area contributed by atoms with Gasteiger partial charge in [-0.25, -0.2) is 0 Å². The molecule has 1 fully saturated rings. The molecule has 0 atom stereocenters. The first-order valence-corrected chi connectivity index (χ1v) is 5.23. The fourth-order valence-electron chi connectivity index (χ4n) is 1.29. The Hall–Kier alpha value is -0.315. The predicted octanol–water partition coefficient (Wildman–Crippen LogP) is 1.74. The molecule has 85 valence electrons. The summed E-state index contributed by atoms with van der Waals surface area (Å²) < 4.78 is 16.4. The number of hydrogen-bond acceptors (Lipinski definition) is 3. The molecular weight excluding hydrogens is 191 g/mol. The van der Waals surface area contributed by atoms with Crippen LogP contribution in [0.3, 0.4) is 0 Å². The van der Waals surface area contributed by atoms with Gasteiger partial charge in [-0.1, -0.05) is 6.08 Å². The van der Waals surface area contributed by atoms with Gasteiger partial charge in [0.1, 0.15) is 6.19 Å². The third-order valence-corrected chi connectivity index (χ3v) is 2.94. The summed E-state index contributed by atoms with van der Waals surface area (Å²) in [5, 5.41) is 0. The standard InChI is InChI=1S/C11H20BO3/c1-10(2)11(3,4)15-9(14-10)12-7-6-8-13-5/h6-7,9H,8H2,1-5H3/b7-6+. The zero-order chi connectivity index (χ0) is 11.5. The number of methoxy groups -OCH3 is 1. The van der Waals surface area contributed by atoms with Gasteiger partial charge in [0.15, 0.2) is 0 Å². The maximum atomic E-state index is 5.77. The van der Waals surface area contributed by atoms with Gasteiger partial charge < -0.3 is 14.2 Å². The van der Waals surface area contributed by atoms with E-state index in [1.54, 1.807) is 7.11 Å². The second-order valence-corrected chi connectivity index (χ2v) is 4.70. The van der Waals surface area contributed by atoms with Crippen LogP contribution in [0.1, 0.15) is 27.7 Å². The van der Waals surface area contributed by atoms with Crippen LogP contribution >= 0.6 is 0 Å². The van der Waals surface area contributed by atoms with E-state index in [9.17, 15) is 0 Å². The zero-order valence-corrected chi connectivity index (χ0v) is 10.2. The van der Waals surface area contributed by atoms with Gasteiger partial charge in [0.2, 0.25) is 7.28 Å². The average molecular weight is 211 g/mol. The Morgan fingerprint density at radius 3 is 2.20 bits per heavy atom. The van der Waals surface area contributed by atoms with Crippen molar-refractivity contribution >= 4 is 7.28 Å². The van der Waals surface area contributed by atoms with Gasteiger partial charge in [0.25, 0.3) is 0 Å². The molecular formula is C11H20BO3. The van der Waals surface area contributed by atoms with Crippen molar-refractivity contribution in [3.05, 3.63) is 12.1 Å². The SMILES string of the molecule is COC/C=C/[B]C1OC(C)(C)C(C)(C)O1. The van der Waals surface area contributed by atoms with Crippen LogP contribution in [0, 0.1) is 0 Å². The lowest BCUT2D eigenvalue weighted by molar-refractivity contribution is -0.0269. The topological polar surface area (TPSA) is 27.7 Å². The lowest BCUT2D eigenvalue weighted by Gasteiger charge is -2.30. The summed E-state index contributed by atoms with van der Waals surface area (Å²) in [7, 11) is 3.56. The van der Waals surface area contributed by atoms with Crippen LogP contribution in [0.25, 0.3) is 0 Å². The summed E-state index contributed by atoms with van der Waals surface area (Å²) in [5.41, 5.74) is -0.521. The molecule has 0 aromatic heterocycles. The molecule has 3 nitrogen and oxygen atoms in total. The first-order chi connectivity index (χ1) is 6.89. The minimum atomic E-state index is -0.261. The van der Waals surface area contributed by atoms with Crippen molar-refractivity contribution in [3.8, 4) is 0 Å². The predicted molar refractivity (Wildman–Crippen MR) is 60.9 cm³/mol. The number of hydrogen-bond donors (Lipinski definition) is 0. The molecule has 1 radical (unpaired) electrons. The van der Waals surface area contributed by atoms with Gasteiger partial charge in [-0.2, -0.15) is 0 Å². The van der Waals surface area contributed by atoms with E-state index in [0.29, 0.717) is 6.61 Å². The molecule has 0 aromatic rings. The second kappa shape index (κ2) is 4.68. The van der Waals surface area contributed by atoms with E-state index in [0.717, 1.165) is 0 Å². The largest absolute Gasteiger partial charge is 0.381 e. The molecule has 1 heterocycles. The van der Waals surface area contributed by atoms with E-state index in [1.807, 2.05) is 47.0 Å². The average Bonchev–Trinajstić information content (AvgIpc) is 2.30. The summed E-state index contributed by atoms with van der Waals surface area (Å²) in [6, 6.07) is 0. The summed E-state index contributed by atoms with van der Waals surface area (Å²) in [6.45, 7) is 8.77. The molecule has 0 saturated carbocycles. The molecule has 0 N–H and O–H groups in total. The summed E-state index contributed by atoms with van der Waals surface area (Å²) >= 11 is 0. The molecule has 1 rings (SSSR count). The monoisotopic (exact) mass is 211 g/mol. The third-order valence-electron chi connectivity index (χ3n) is 2.94. The summed E-state index contributed by atoms with van der Waals surface area (Å²) in [5.74, 6) is 1.91. The highest BCUT2D eigenvalue weighted by atomic mass is 16.7. The Bertz CT molecular complexity index is 220. The van der Waals surface area contributed by atoms with Crippen LogP contribution in [0.4, 0.5) is 0 Å². The summed E-state index contributed by atoms with van der Waals surface area (Å²) in [4.78, 5) is 0. The van der Waals surface area contributed by atoms with Crippen molar-refractivity contribution < 1.29 is 14.2 Å². The first-order valence-electron chi connectivity index (χ1n) is 5.23. The van der Waals surface area contributed by atoms with Gasteiger partial charge >= 0.3 is 0 Å². The van der Waals surface area contributed by atoms with Gasteiger partial charge in [-0.05, 0) is 27.7 Å². The van der Waals surface area contributed by atoms with Crippen LogP contribution in [0.5, 0.6) is 0 Å². The van der Waals surface area contributed by atoms with E-state index in [1.165, 1.54) is 0 Å². The minimum absolute atomic E-state index is 0.261. The van der Waals surface area contributed by atoms with E-state index in [2.05, 4.69) is 0 Å². The van der Waals surface area contributed by atoms with Crippen molar-refractivity contribution in [2.45, 2.75) is 45.1 Å². The highest BCUT2D eigenvalue weighted by molar-refractivity contribution is 6.43. The Balaban J connectivity index is 2.42. The highest BCUT2D eigenvalue weighted by Crippen LogP contribution is 2.37. The Kier molecular flexibility index (Phi) is 3.98. The van der Waals surface area contributed by atoms with Crippen molar-refractivity contribution in [1.82, 2.24) is 0 Å². The molecule has 1 aliphatic heterocycles. The smallest absolute Gasteiger partial charge is 0.216 e. The molecule has 1 aliphatic rings. The molecule has 15 heavy (non-hydrogen) atoms. The maximum absolute atomic E-state index is 5.77. The minimum Gasteiger partial charge on any atom is -0.381 e. The van der Waals surface area contributed by atoms with Gasteiger partial charge in [0.05, 0.1) is 17.8 Å². The maximum Gasteiger partial charge on any atom is 0.216 e. The quantitative estimate of drug-likeness (QED) is 0.663. The lowest BCUT2D eigenvalue weighted by atomic mass is 9.77. The van der Waals surface area contributed by atoms with Crippen LogP contribution < -0.4 is 0 Å². The molecule has 4 heteroatoms. The van der Waals surface area contributed by atoms with E-state index in [-0.39, 0.29) is 17.4 Å². The molecule has 0 aliphatic carbocycles. The van der Waals surface area contributed by atoms with Crippen LogP contribution in [0.2, 0.25) is 0 Å². The van der Waals surface area contributed by atoms with E-state index in [4.69, 9.17) is 14.2 Å². The fraction of sp³-hybridized carbons (Fsp3) is 0.818. The number of ether oxygens (including phenoxy) is 3. The third kappa shape index (κ3) is 3.07. The van der Waals surface area contributed by atoms with Crippen molar-refractivity contribution in [2.24, 2.45) is 0 Å². The molecule has 0 bridgehead atoms. The van der Waals surface area contributed by atoms with Crippen molar-refractivity contribution in [3.63, 3.8) is 0 Å². The Labute approximate surface area is 93.0 Å². The van der Waals surface area contributed by atoms with Crippen molar-refractivity contribution in [2.75, 3.05) is 13.7 Å². The normalized spacial score (nSPS) is 24.9. The van der Waals surface area contributed by atoms with Crippen LogP contribution in [0.15, 0.2) is 12.1 Å². The summed E-state index contributed by atoms with van der Waals surface area (Å²) in [6.07, 6.45) is 1.66. The highest BCUT2D eigenvalue weighted by Gasteiger charge is 2.48. The lowest BCUT2D eigenvalue weighted by Crippen LogP contribution is -2.41. The molecule has 0 unspecified atom stereocenters. The Morgan fingerprint density at radius 2 is 1.73 bits per heavy atom. The van der Waals surface area contributed by atoms with E-state index >= 15 is 0 Å². The molecule has 0 spiro atoms. The van der Waals surface area contributed by atoms with Gasteiger partial charge in [0, 0.05) is 7.11 Å². The number of rotatable bonds is 4.